The molecule has 7 nitrogen and oxygen atoms in total. The van der Waals surface area contributed by atoms with E-state index in [1.165, 1.54) is 6.08 Å². The van der Waals surface area contributed by atoms with Gasteiger partial charge in [-0.2, -0.15) is 10.4 Å². The first kappa shape index (κ1) is 28.9. The standard InChI is InChI=1S/C31H41N7/c1-19(2)16-34-22(6)24(15-32)13-28(33)25-11-21(5)30(35-17-25)29-10-9-26(37-38-29)12-23-14-31(7,8)36-18-27(23)20(3)4/h9-11,13,16-17,20,23,27,33-34,36H,6,12,14,18H2,1-5,7-8H3/b24-13-,33-28?/t23?,27-/m1/s1. The first-order chi connectivity index (χ1) is 17.9. The predicted octanol–water partition coefficient (Wildman–Crippen LogP) is 5.89. The third kappa shape index (κ3) is 7.45. The molecular weight excluding hydrogens is 470 g/mol. The molecule has 7 heteroatoms. The largest absolute Gasteiger partial charge is 0.361 e. The topological polar surface area (TPSA) is 110 Å². The number of aromatic nitrogens is 3. The molecule has 38 heavy (non-hydrogen) atoms. The number of allylic oxidation sites excluding steroid dienone is 3. The van der Waals surface area contributed by atoms with Crippen molar-refractivity contribution in [2.24, 2.45) is 17.8 Å². The van der Waals surface area contributed by atoms with Crippen LogP contribution in [-0.4, -0.2) is 33.0 Å². The number of piperidine rings is 1. The summed E-state index contributed by atoms with van der Waals surface area (Å²) >= 11 is 0. The maximum Gasteiger partial charge on any atom is 0.112 e. The summed E-state index contributed by atoms with van der Waals surface area (Å²) in [6.45, 7) is 19.9. The van der Waals surface area contributed by atoms with Crippen LogP contribution in [0.15, 0.2) is 60.1 Å². The molecule has 0 aliphatic carbocycles. The molecular formula is C31H41N7. The average molecular weight is 512 g/mol. The van der Waals surface area contributed by atoms with E-state index in [9.17, 15) is 5.26 Å². The fourth-order valence-electron chi connectivity index (χ4n) is 5.02. The van der Waals surface area contributed by atoms with Crippen molar-refractivity contribution < 1.29 is 0 Å². The molecule has 1 aliphatic heterocycles. The van der Waals surface area contributed by atoms with E-state index in [1.807, 2.05) is 32.9 Å². The van der Waals surface area contributed by atoms with Gasteiger partial charge in [-0.1, -0.05) is 26.0 Å². The highest BCUT2D eigenvalue weighted by Crippen LogP contribution is 2.35. The molecule has 1 saturated heterocycles. The summed E-state index contributed by atoms with van der Waals surface area (Å²) in [5.74, 6) is 1.80. The minimum atomic E-state index is 0.137. The van der Waals surface area contributed by atoms with E-state index in [0.717, 1.165) is 41.9 Å². The van der Waals surface area contributed by atoms with Crippen molar-refractivity contribution >= 4 is 5.71 Å². The lowest BCUT2D eigenvalue weighted by Crippen LogP contribution is -2.52. The molecule has 2 aromatic rings. The van der Waals surface area contributed by atoms with Crippen molar-refractivity contribution in [1.29, 1.82) is 10.7 Å². The van der Waals surface area contributed by atoms with Gasteiger partial charge in [0.1, 0.15) is 11.8 Å². The summed E-state index contributed by atoms with van der Waals surface area (Å²) in [4.78, 5) is 4.60. The Morgan fingerprint density at radius 2 is 2.05 bits per heavy atom. The van der Waals surface area contributed by atoms with Gasteiger partial charge in [0.15, 0.2) is 0 Å². The van der Waals surface area contributed by atoms with E-state index in [2.05, 4.69) is 72.2 Å². The second-order valence-corrected chi connectivity index (χ2v) is 11.6. The SMILES string of the molecule is C=C(NC=C(C)C)/C(C#N)=C\C(=N)c1cnc(-c2ccc(CC3CC(C)(C)NC[C@@H]3C(C)C)nn2)c(C)c1. The molecule has 3 rings (SSSR count). The van der Waals surface area contributed by atoms with E-state index in [4.69, 9.17) is 5.41 Å². The third-order valence-electron chi connectivity index (χ3n) is 7.14. The molecule has 0 saturated carbocycles. The van der Waals surface area contributed by atoms with Crippen molar-refractivity contribution in [1.82, 2.24) is 25.8 Å². The fraction of sp³-hybridized carbons (Fsp3) is 0.452. The second kappa shape index (κ2) is 12.3. The molecule has 3 N–H and O–H groups in total. The molecule has 0 bridgehead atoms. The van der Waals surface area contributed by atoms with Crippen LogP contribution >= 0.6 is 0 Å². The number of nitrogens with zero attached hydrogens (tertiary/aromatic N) is 4. The van der Waals surface area contributed by atoms with Gasteiger partial charge < -0.3 is 16.0 Å². The number of hydrogen-bond acceptors (Lipinski definition) is 7. The molecule has 0 amide bonds. The third-order valence-corrected chi connectivity index (χ3v) is 7.14. The average Bonchev–Trinajstić information content (AvgIpc) is 2.85. The van der Waals surface area contributed by atoms with Crippen LogP contribution in [0.1, 0.15) is 64.8 Å². The number of aryl methyl sites for hydroxylation is 1. The Morgan fingerprint density at radius 3 is 2.63 bits per heavy atom. The molecule has 0 spiro atoms. The Labute approximate surface area is 227 Å². The van der Waals surface area contributed by atoms with Crippen molar-refractivity contribution in [3.05, 3.63) is 76.9 Å². The Bertz CT molecular complexity index is 1270. The highest BCUT2D eigenvalue weighted by molar-refractivity contribution is 6.07. The van der Waals surface area contributed by atoms with E-state index < -0.39 is 0 Å². The van der Waals surface area contributed by atoms with Gasteiger partial charge in [-0.15, -0.1) is 5.10 Å². The summed E-state index contributed by atoms with van der Waals surface area (Å²) in [5.41, 5.74) is 6.10. The van der Waals surface area contributed by atoms with Crippen LogP contribution in [0.4, 0.5) is 0 Å². The normalized spacial score (nSPS) is 19.0. The Balaban J connectivity index is 1.75. The number of pyridine rings is 1. The lowest BCUT2D eigenvalue weighted by Gasteiger charge is -2.43. The van der Waals surface area contributed by atoms with Crippen LogP contribution in [0.3, 0.4) is 0 Å². The lowest BCUT2D eigenvalue weighted by molar-refractivity contribution is 0.123. The molecule has 2 aromatic heterocycles. The van der Waals surface area contributed by atoms with Gasteiger partial charge in [0.25, 0.3) is 0 Å². The number of nitriles is 1. The van der Waals surface area contributed by atoms with E-state index in [1.54, 1.807) is 12.4 Å². The van der Waals surface area contributed by atoms with Crippen LogP contribution in [0.25, 0.3) is 11.4 Å². The Hall–Kier alpha value is -3.63. The van der Waals surface area contributed by atoms with Crippen molar-refractivity contribution in [2.45, 2.75) is 66.8 Å². The van der Waals surface area contributed by atoms with Gasteiger partial charge in [0.2, 0.25) is 0 Å². The molecule has 0 radical (unpaired) electrons. The van der Waals surface area contributed by atoms with Crippen LogP contribution in [0.2, 0.25) is 0 Å². The van der Waals surface area contributed by atoms with Crippen molar-refractivity contribution in [3.8, 4) is 17.5 Å². The van der Waals surface area contributed by atoms with E-state index >= 15 is 0 Å². The monoisotopic (exact) mass is 511 g/mol. The first-order valence-electron chi connectivity index (χ1n) is 13.2. The summed E-state index contributed by atoms with van der Waals surface area (Å²) in [6.07, 6.45) is 6.96. The zero-order valence-corrected chi connectivity index (χ0v) is 23.8. The Morgan fingerprint density at radius 1 is 1.32 bits per heavy atom. The molecule has 1 fully saturated rings. The predicted molar refractivity (Wildman–Crippen MR) is 154 cm³/mol. The summed E-state index contributed by atoms with van der Waals surface area (Å²) < 4.78 is 0. The van der Waals surface area contributed by atoms with E-state index in [0.29, 0.717) is 40.3 Å². The summed E-state index contributed by atoms with van der Waals surface area (Å²) in [7, 11) is 0. The summed E-state index contributed by atoms with van der Waals surface area (Å²) in [5, 5.41) is 33.8. The minimum Gasteiger partial charge on any atom is -0.361 e. The van der Waals surface area contributed by atoms with Crippen LogP contribution in [-0.2, 0) is 6.42 Å². The lowest BCUT2D eigenvalue weighted by atomic mass is 9.71. The van der Waals surface area contributed by atoms with Crippen LogP contribution in [0.5, 0.6) is 0 Å². The Kier molecular flexibility index (Phi) is 9.35. The van der Waals surface area contributed by atoms with E-state index in [-0.39, 0.29) is 11.3 Å². The van der Waals surface area contributed by atoms with Gasteiger partial charge in [0.05, 0.1) is 22.7 Å². The van der Waals surface area contributed by atoms with Gasteiger partial charge in [-0.05, 0) is 108 Å². The highest BCUT2D eigenvalue weighted by Gasteiger charge is 2.36. The van der Waals surface area contributed by atoms with Crippen LogP contribution < -0.4 is 10.6 Å². The number of rotatable bonds is 9. The maximum atomic E-state index is 9.53. The molecule has 2 atom stereocenters. The van der Waals surface area contributed by atoms with Gasteiger partial charge in [-0.25, -0.2) is 0 Å². The zero-order valence-electron chi connectivity index (χ0n) is 23.8. The summed E-state index contributed by atoms with van der Waals surface area (Å²) in [6, 6.07) is 8.06. The highest BCUT2D eigenvalue weighted by atomic mass is 15.1. The maximum absolute atomic E-state index is 9.53. The number of nitrogens with one attached hydrogen (secondary N) is 3. The second-order valence-electron chi connectivity index (χ2n) is 11.6. The quantitative estimate of drug-likeness (QED) is 0.220. The van der Waals surface area contributed by atoms with Gasteiger partial charge in [0, 0.05) is 23.0 Å². The molecule has 1 unspecified atom stereocenters. The van der Waals surface area contributed by atoms with Crippen molar-refractivity contribution in [3.63, 3.8) is 0 Å². The van der Waals surface area contributed by atoms with Crippen molar-refractivity contribution in [2.75, 3.05) is 6.54 Å². The number of hydrogen-bond donors (Lipinski definition) is 3. The minimum absolute atomic E-state index is 0.137. The van der Waals surface area contributed by atoms with Gasteiger partial charge in [-0.3, -0.25) is 4.98 Å². The molecule has 1 aliphatic rings. The molecule has 200 valence electrons. The van der Waals surface area contributed by atoms with Crippen LogP contribution in [0, 0.1) is 41.4 Å². The zero-order chi connectivity index (χ0) is 28.0. The van der Waals surface area contributed by atoms with Gasteiger partial charge >= 0.3 is 0 Å². The smallest absolute Gasteiger partial charge is 0.112 e. The molecule has 0 aromatic carbocycles. The molecule has 3 heterocycles. The first-order valence-corrected chi connectivity index (χ1v) is 13.2. The fourth-order valence-corrected chi connectivity index (χ4v) is 5.02.